The molecule has 96 valence electrons. The Morgan fingerprint density at radius 3 is 2.78 bits per heavy atom. The number of nitrogens with zero attached hydrogens (tertiary/aromatic N) is 2. The molecule has 18 heavy (non-hydrogen) atoms. The van der Waals surface area contributed by atoms with Crippen molar-refractivity contribution in [3.63, 3.8) is 0 Å². The van der Waals surface area contributed by atoms with Crippen molar-refractivity contribution in [3.8, 4) is 5.75 Å². The van der Waals surface area contributed by atoms with Crippen molar-refractivity contribution in [3.05, 3.63) is 47.5 Å². The summed E-state index contributed by atoms with van der Waals surface area (Å²) < 4.78 is 7.75. The standard InChI is InChI=1S/C14H19N3O/c1-10-6-12(11(2)15)4-5-14(10)18-8-13-7-16-9-17(13)3/h4-7,9,11H,8,15H2,1-3H3/t11-/m0/s1. The molecule has 1 aromatic carbocycles. The average molecular weight is 245 g/mol. The second-order valence-electron chi connectivity index (χ2n) is 4.60. The van der Waals surface area contributed by atoms with E-state index in [2.05, 4.69) is 11.1 Å². The molecular formula is C14H19N3O. The van der Waals surface area contributed by atoms with Crippen LogP contribution in [0.5, 0.6) is 5.75 Å². The quantitative estimate of drug-likeness (QED) is 0.899. The smallest absolute Gasteiger partial charge is 0.130 e. The number of nitrogens with two attached hydrogens (primary N) is 1. The minimum absolute atomic E-state index is 0.0508. The SMILES string of the molecule is Cc1cc([C@H](C)N)ccc1OCc1cncn1C. The van der Waals surface area contributed by atoms with E-state index >= 15 is 0 Å². The molecule has 0 fully saturated rings. The van der Waals surface area contributed by atoms with Gasteiger partial charge in [-0.25, -0.2) is 4.98 Å². The molecule has 0 aliphatic carbocycles. The van der Waals surface area contributed by atoms with Gasteiger partial charge in [-0.3, -0.25) is 0 Å². The van der Waals surface area contributed by atoms with Gasteiger partial charge in [-0.1, -0.05) is 12.1 Å². The Bertz CT molecular complexity index is 532. The number of imidazole rings is 1. The van der Waals surface area contributed by atoms with Crippen molar-refractivity contribution in [2.75, 3.05) is 0 Å². The molecule has 4 heteroatoms. The summed E-state index contributed by atoms with van der Waals surface area (Å²) in [7, 11) is 1.96. The van der Waals surface area contributed by atoms with E-state index in [0.717, 1.165) is 22.6 Å². The predicted molar refractivity (Wildman–Crippen MR) is 71.3 cm³/mol. The van der Waals surface area contributed by atoms with E-state index in [9.17, 15) is 0 Å². The van der Waals surface area contributed by atoms with Gasteiger partial charge in [0.05, 0.1) is 18.2 Å². The molecule has 0 radical (unpaired) electrons. The lowest BCUT2D eigenvalue weighted by Gasteiger charge is -2.12. The van der Waals surface area contributed by atoms with Crippen LogP contribution in [0.25, 0.3) is 0 Å². The molecule has 2 rings (SSSR count). The van der Waals surface area contributed by atoms with Gasteiger partial charge < -0.3 is 15.0 Å². The van der Waals surface area contributed by atoms with Crippen molar-refractivity contribution >= 4 is 0 Å². The summed E-state index contributed by atoms with van der Waals surface area (Å²) in [5, 5.41) is 0. The molecular weight excluding hydrogens is 226 g/mol. The molecule has 1 atom stereocenters. The number of aryl methyl sites for hydroxylation is 2. The maximum absolute atomic E-state index is 5.85. The molecule has 0 bridgehead atoms. The largest absolute Gasteiger partial charge is 0.487 e. The summed E-state index contributed by atoms with van der Waals surface area (Å²) in [5.41, 5.74) is 9.13. The molecule has 0 unspecified atom stereocenters. The average Bonchev–Trinajstić information content (AvgIpc) is 2.73. The van der Waals surface area contributed by atoms with Gasteiger partial charge in [0.2, 0.25) is 0 Å². The Morgan fingerprint density at radius 2 is 2.22 bits per heavy atom. The topological polar surface area (TPSA) is 53.1 Å². The summed E-state index contributed by atoms with van der Waals surface area (Å²) in [6.45, 7) is 4.53. The summed E-state index contributed by atoms with van der Waals surface area (Å²) >= 11 is 0. The molecule has 0 amide bonds. The Labute approximate surface area is 107 Å². The lowest BCUT2D eigenvalue weighted by atomic mass is 10.1. The molecule has 0 aliphatic heterocycles. The highest BCUT2D eigenvalue weighted by Gasteiger charge is 2.05. The summed E-state index contributed by atoms with van der Waals surface area (Å²) in [6.07, 6.45) is 3.58. The molecule has 2 aromatic rings. The summed E-state index contributed by atoms with van der Waals surface area (Å²) in [6, 6.07) is 6.11. The van der Waals surface area contributed by atoms with E-state index in [1.165, 1.54) is 0 Å². The minimum atomic E-state index is 0.0508. The van der Waals surface area contributed by atoms with Crippen LogP contribution >= 0.6 is 0 Å². The van der Waals surface area contributed by atoms with Crippen molar-refractivity contribution in [2.45, 2.75) is 26.5 Å². The van der Waals surface area contributed by atoms with Gasteiger partial charge in [-0.15, -0.1) is 0 Å². The second kappa shape index (κ2) is 5.23. The van der Waals surface area contributed by atoms with Crippen molar-refractivity contribution in [1.29, 1.82) is 0 Å². The van der Waals surface area contributed by atoms with Gasteiger partial charge in [0, 0.05) is 13.1 Å². The molecule has 0 aliphatic rings. The molecule has 0 spiro atoms. The first kappa shape index (κ1) is 12.6. The van der Waals surface area contributed by atoms with Crippen molar-refractivity contribution < 1.29 is 4.74 Å². The molecule has 0 saturated heterocycles. The minimum Gasteiger partial charge on any atom is -0.487 e. The fraction of sp³-hybridized carbons (Fsp3) is 0.357. The molecule has 1 heterocycles. The first-order chi connectivity index (χ1) is 8.58. The Morgan fingerprint density at radius 1 is 1.44 bits per heavy atom. The Balaban J connectivity index is 2.08. The van der Waals surface area contributed by atoms with Crippen LogP contribution in [0.15, 0.2) is 30.7 Å². The van der Waals surface area contributed by atoms with Crippen molar-refractivity contribution in [1.82, 2.24) is 9.55 Å². The number of ether oxygens (including phenoxy) is 1. The van der Waals surface area contributed by atoms with Crippen LogP contribution in [0, 0.1) is 6.92 Å². The third-order valence-corrected chi connectivity index (χ3v) is 3.02. The zero-order valence-electron chi connectivity index (χ0n) is 11.1. The van der Waals surface area contributed by atoms with E-state index in [1.54, 1.807) is 6.33 Å². The van der Waals surface area contributed by atoms with Gasteiger partial charge in [-0.05, 0) is 31.0 Å². The second-order valence-corrected chi connectivity index (χ2v) is 4.60. The molecule has 2 N–H and O–H groups in total. The Hall–Kier alpha value is -1.81. The number of benzene rings is 1. The number of rotatable bonds is 4. The first-order valence-corrected chi connectivity index (χ1v) is 6.02. The van der Waals surface area contributed by atoms with Crippen LogP contribution in [0.1, 0.15) is 29.8 Å². The number of hydrogen-bond donors (Lipinski definition) is 1. The van der Waals surface area contributed by atoms with Crippen molar-refractivity contribution in [2.24, 2.45) is 12.8 Å². The van der Waals surface area contributed by atoms with Gasteiger partial charge in [0.15, 0.2) is 0 Å². The Kier molecular flexibility index (Phi) is 3.67. The van der Waals surface area contributed by atoms with E-state index in [1.807, 2.05) is 43.8 Å². The zero-order valence-corrected chi connectivity index (χ0v) is 11.1. The highest BCUT2D eigenvalue weighted by atomic mass is 16.5. The van der Waals surface area contributed by atoms with E-state index < -0.39 is 0 Å². The van der Waals surface area contributed by atoms with E-state index in [4.69, 9.17) is 10.5 Å². The van der Waals surface area contributed by atoms with Crippen LogP contribution in [-0.4, -0.2) is 9.55 Å². The monoisotopic (exact) mass is 245 g/mol. The van der Waals surface area contributed by atoms with Gasteiger partial charge in [0.1, 0.15) is 12.4 Å². The van der Waals surface area contributed by atoms with E-state index in [-0.39, 0.29) is 6.04 Å². The molecule has 1 aromatic heterocycles. The van der Waals surface area contributed by atoms with Crippen LogP contribution in [0.4, 0.5) is 0 Å². The van der Waals surface area contributed by atoms with Gasteiger partial charge in [-0.2, -0.15) is 0 Å². The maximum atomic E-state index is 5.85. The number of hydrogen-bond acceptors (Lipinski definition) is 3. The van der Waals surface area contributed by atoms with Crippen LogP contribution in [0.2, 0.25) is 0 Å². The summed E-state index contributed by atoms with van der Waals surface area (Å²) in [4.78, 5) is 4.06. The van der Waals surface area contributed by atoms with Crippen LogP contribution < -0.4 is 10.5 Å². The molecule has 0 saturated carbocycles. The number of aromatic nitrogens is 2. The van der Waals surface area contributed by atoms with Crippen LogP contribution in [0.3, 0.4) is 0 Å². The predicted octanol–water partition coefficient (Wildman–Crippen LogP) is 2.33. The lowest BCUT2D eigenvalue weighted by molar-refractivity contribution is 0.295. The van der Waals surface area contributed by atoms with E-state index in [0.29, 0.717) is 6.61 Å². The normalized spacial score (nSPS) is 12.4. The maximum Gasteiger partial charge on any atom is 0.130 e. The fourth-order valence-electron chi connectivity index (χ4n) is 1.79. The third kappa shape index (κ3) is 2.71. The van der Waals surface area contributed by atoms with Crippen LogP contribution in [-0.2, 0) is 13.7 Å². The lowest BCUT2D eigenvalue weighted by Crippen LogP contribution is -2.06. The first-order valence-electron chi connectivity index (χ1n) is 6.02. The van der Waals surface area contributed by atoms with Gasteiger partial charge in [0.25, 0.3) is 0 Å². The summed E-state index contributed by atoms with van der Waals surface area (Å²) in [5.74, 6) is 0.889. The van der Waals surface area contributed by atoms with Gasteiger partial charge >= 0.3 is 0 Å². The molecule has 4 nitrogen and oxygen atoms in total. The fourth-order valence-corrected chi connectivity index (χ4v) is 1.79. The highest BCUT2D eigenvalue weighted by molar-refractivity contribution is 5.37. The highest BCUT2D eigenvalue weighted by Crippen LogP contribution is 2.22. The zero-order chi connectivity index (χ0) is 13.1. The third-order valence-electron chi connectivity index (χ3n) is 3.02.